The van der Waals surface area contributed by atoms with E-state index >= 15 is 0 Å². The first kappa shape index (κ1) is 20.6. The van der Waals surface area contributed by atoms with Crippen LogP contribution in [0, 0.1) is 35.0 Å². The van der Waals surface area contributed by atoms with E-state index in [4.69, 9.17) is 4.74 Å². The molecule has 0 unspecified atom stereocenters. The van der Waals surface area contributed by atoms with Crippen molar-refractivity contribution < 1.29 is 14.6 Å². The van der Waals surface area contributed by atoms with Crippen LogP contribution in [-0.4, -0.2) is 41.3 Å². The number of ether oxygens (including phenoxy) is 1. The summed E-state index contributed by atoms with van der Waals surface area (Å²) in [4.78, 5) is 14.1. The average Bonchev–Trinajstić information content (AvgIpc) is 3.18. The maximum atomic E-state index is 14.1. The van der Waals surface area contributed by atoms with Gasteiger partial charge in [0.05, 0.1) is 17.8 Å². The van der Waals surface area contributed by atoms with Crippen molar-refractivity contribution in [2.24, 2.45) is 35.0 Å². The quantitative estimate of drug-likeness (QED) is 0.572. The van der Waals surface area contributed by atoms with E-state index in [9.17, 15) is 9.90 Å². The normalized spacial score (nSPS) is 53.7. The second kappa shape index (κ2) is 6.77. The Labute approximate surface area is 186 Å². The number of carbonyl (C=O) groups excluding carboxylic acids is 1. The average molecular weight is 426 g/mol. The monoisotopic (exact) mass is 425 g/mol. The molecule has 0 amide bonds. The highest BCUT2D eigenvalue weighted by atomic mass is 16.5. The third kappa shape index (κ3) is 2.62. The molecule has 2 saturated heterocycles. The van der Waals surface area contributed by atoms with Crippen LogP contribution in [0.1, 0.15) is 72.6 Å². The Morgan fingerprint density at radius 3 is 2.84 bits per heavy atom. The van der Waals surface area contributed by atoms with E-state index in [1.807, 2.05) is 0 Å². The Balaban J connectivity index is 1.39. The minimum absolute atomic E-state index is 0.0653. The SMILES string of the molecule is CC1=C2C(=O)[C@@H]3[C@@H](CC=C4C[C@H](O)CC[C@@]43C)[C@H]2CC[C@@]12O[C@@H]1C[C@@H](C)CN[C@@H]1[C@@H]2C. The number of fused-ring (bicyclic) bond motifs is 6. The van der Waals surface area contributed by atoms with E-state index in [1.54, 1.807) is 0 Å². The number of hydrogen-bond donors (Lipinski definition) is 2. The van der Waals surface area contributed by atoms with Crippen molar-refractivity contribution in [1.29, 1.82) is 0 Å². The van der Waals surface area contributed by atoms with Gasteiger partial charge in [0.25, 0.3) is 0 Å². The van der Waals surface area contributed by atoms with Crippen LogP contribution < -0.4 is 5.32 Å². The van der Waals surface area contributed by atoms with Crippen molar-refractivity contribution in [3.05, 3.63) is 22.8 Å². The van der Waals surface area contributed by atoms with Gasteiger partial charge in [0.15, 0.2) is 5.78 Å². The molecule has 0 aromatic rings. The van der Waals surface area contributed by atoms with E-state index in [0.717, 1.165) is 57.1 Å². The van der Waals surface area contributed by atoms with Crippen molar-refractivity contribution in [1.82, 2.24) is 5.32 Å². The molecule has 0 bridgehead atoms. The molecule has 2 N–H and O–H groups in total. The van der Waals surface area contributed by atoms with Gasteiger partial charge in [-0.15, -0.1) is 0 Å². The Bertz CT molecular complexity index is 876. The first-order chi connectivity index (χ1) is 14.8. The van der Waals surface area contributed by atoms with Crippen molar-refractivity contribution in [2.45, 2.75) is 96.5 Å². The number of nitrogens with one attached hydrogen (secondary N) is 1. The molecule has 4 fully saturated rings. The fourth-order valence-electron chi connectivity index (χ4n) is 8.93. The first-order valence-corrected chi connectivity index (χ1v) is 12.8. The summed E-state index contributed by atoms with van der Waals surface area (Å²) in [7, 11) is 0. The first-order valence-electron chi connectivity index (χ1n) is 12.8. The molecule has 0 aromatic heterocycles. The van der Waals surface area contributed by atoms with Gasteiger partial charge >= 0.3 is 0 Å². The van der Waals surface area contributed by atoms with Gasteiger partial charge < -0.3 is 15.2 Å². The number of allylic oxidation sites excluding steroid dienone is 2. The summed E-state index contributed by atoms with van der Waals surface area (Å²) in [5.74, 6) is 2.41. The molecule has 6 rings (SSSR count). The molecule has 10 atom stereocenters. The summed E-state index contributed by atoms with van der Waals surface area (Å²) < 4.78 is 6.93. The van der Waals surface area contributed by atoms with Crippen molar-refractivity contribution >= 4 is 5.78 Å². The zero-order valence-electron chi connectivity index (χ0n) is 19.6. The van der Waals surface area contributed by atoms with Crippen molar-refractivity contribution in [3.63, 3.8) is 0 Å². The predicted molar refractivity (Wildman–Crippen MR) is 120 cm³/mol. The fourth-order valence-corrected chi connectivity index (χ4v) is 8.93. The molecule has 4 nitrogen and oxygen atoms in total. The van der Waals surface area contributed by atoms with Gasteiger partial charge in [-0.1, -0.05) is 32.4 Å². The van der Waals surface area contributed by atoms with Crippen LogP contribution in [0.3, 0.4) is 0 Å². The van der Waals surface area contributed by atoms with Crippen molar-refractivity contribution in [2.75, 3.05) is 6.54 Å². The molecule has 4 aliphatic carbocycles. The number of aliphatic hydroxyl groups excluding tert-OH is 1. The zero-order chi connectivity index (χ0) is 21.7. The number of Topliss-reactive ketones (excluding diaryl/α,β-unsaturated/α-hetero) is 1. The number of piperidine rings is 1. The second-order valence-electron chi connectivity index (χ2n) is 12.1. The van der Waals surface area contributed by atoms with Crippen LogP contribution in [-0.2, 0) is 9.53 Å². The van der Waals surface area contributed by atoms with Gasteiger partial charge in [-0.25, -0.2) is 0 Å². The molecule has 4 heteroatoms. The van der Waals surface area contributed by atoms with Crippen LogP contribution in [0.15, 0.2) is 22.8 Å². The topological polar surface area (TPSA) is 58.6 Å². The highest BCUT2D eigenvalue weighted by molar-refractivity contribution is 6.02. The Hall–Kier alpha value is -0.970. The van der Waals surface area contributed by atoms with Crippen LogP contribution in [0.5, 0.6) is 0 Å². The summed E-state index contributed by atoms with van der Waals surface area (Å²) in [6, 6.07) is 0.410. The Kier molecular flexibility index (Phi) is 4.51. The Morgan fingerprint density at radius 1 is 1.23 bits per heavy atom. The largest absolute Gasteiger partial charge is 0.393 e. The lowest BCUT2D eigenvalue weighted by molar-refractivity contribution is -0.123. The third-order valence-corrected chi connectivity index (χ3v) is 10.6. The number of carbonyl (C=O) groups is 1. The smallest absolute Gasteiger partial charge is 0.163 e. The van der Waals surface area contributed by atoms with Gasteiger partial charge in [0.2, 0.25) is 0 Å². The summed E-state index contributed by atoms with van der Waals surface area (Å²) in [5.41, 5.74) is 3.43. The number of aliphatic hydroxyl groups is 1. The molecule has 1 spiro atoms. The minimum atomic E-state index is -0.263. The number of ketones is 1. The van der Waals surface area contributed by atoms with Crippen LogP contribution in [0.2, 0.25) is 0 Å². The summed E-state index contributed by atoms with van der Waals surface area (Å²) in [6.45, 7) is 10.3. The van der Waals surface area contributed by atoms with E-state index in [0.29, 0.717) is 35.5 Å². The molecular formula is C27H39NO3. The molecular weight excluding hydrogens is 386 g/mol. The van der Waals surface area contributed by atoms with Gasteiger partial charge in [0, 0.05) is 23.5 Å². The summed E-state index contributed by atoms with van der Waals surface area (Å²) >= 11 is 0. The lowest BCUT2D eigenvalue weighted by Crippen LogP contribution is -2.49. The lowest BCUT2D eigenvalue weighted by atomic mass is 9.56. The summed E-state index contributed by atoms with van der Waals surface area (Å²) in [6.07, 6.45) is 9.23. The number of rotatable bonds is 0. The highest BCUT2D eigenvalue weighted by Crippen LogP contribution is 2.63. The van der Waals surface area contributed by atoms with Crippen molar-refractivity contribution in [3.8, 4) is 0 Å². The molecule has 0 aromatic carbocycles. The highest BCUT2D eigenvalue weighted by Gasteiger charge is 2.63. The standard InChI is InChI=1S/C27H39NO3/c1-14-11-21-24(28-13-14)16(3)27(31-21)10-8-19-20-6-5-17-12-18(29)7-9-26(17,4)23(20)25(30)22(19)15(27)2/h5,14,16,18-21,23-24,28-29H,6-13H2,1-4H3/t14-,16+,18-,19-,20+,21-,23+,24-,26+,27-/m1/s1. The maximum Gasteiger partial charge on any atom is 0.163 e. The minimum Gasteiger partial charge on any atom is -0.393 e. The maximum absolute atomic E-state index is 14.1. The molecule has 2 saturated carbocycles. The summed E-state index contributed by atoms with van der Waals surface area (Å²) in [5, 5.41) is 14.0. The Morgan fingerprint density at radius 2 is 2.03 bits per heavy atom. The molecule has 2 aliphatic heterocycles. The molecule has 0 radical (unpaired) electrons. The molecule has 31 heavy (non-hydrogen) atoms. The van der Waals surface area contributed by atoms with Gasteiger partial charge in [-0.2, -0.15) is 0 Å². The second-order valence-corrected chi connectivity index (χ2v) is 12.1. The molecule has 2 heterocycles. The number of hydrogen-bond acceptors (Lipinski definition) is 4. The fraction of sp³-hybridized carbons (Fsp3) is 0.815. The molecule has 6 aliphatic rings. The van der Waals surface area contributed by atoms with E-state index < -0.39 is 0 Å². The third-order valence-electron chi connectivity index (χ3n) is 10.6. The predicted octanol–water partition coefficient (Wildman–Crippen LogP) is 4.18. The van der Waals surface area contributed by atoms with Crippen LogP contribution >= 0.6 is 0 Å². The van der Waals surface area contributed by atoms with E-state index in [-0.39, 0.29) is 29.1 Å². The van der Waals surface area contributed by atoms with E-state index in [1.165, 1.54) is 11.1 Å². The van der Waals surface area contributed by atoms with Gasteiger partial charge in [-0.3, -0.25) is 4.79 Å². The zero-order valence-corrected chi connectivity index (χ0v) is 19.6. The van der Waals surface area contributed by atoms with Crippen LogP contribution in [0.25, 0.3) is 0 Å². The van der Waals surface area contributed by atoms with E-state index in [2.05, 4.69) is 39.1 Å². The molecule has 170 valence electrons. The van der Waals surface area contributed by atoms with Gasteiger partial charge in [-0.05, 0) is 87.2 Å². The van der Waals surface area contributed by atoms with Gasteiger partial charge in [0.1, 0.15) is 0 Å². The lowest BCUT2D eigenvalue weighted by Gasteiger charge is -2.48. The van der Waals surface area contributed by atoms with Crippen LogP contribution in [0.4, 0.5) is 0 Å².